The summed E-state index contributed by atoms with van der Waals surface area (Å²) in [6.07, 6.45) is 2.40. The molecule has 2 unspecified atom stereocenters. The van der Waals surface area contributed by atoms with Crippen molar-refractivity contribution in [3.05, 3.63) is 48.0 Å². The maximum Gasteiger partial charge on any atom is 0.00444 e. The van der Waals surface area contributed by atoms with Crippen LogP contribution in [0.4, 0.5) is 0 Å². The summed E-state index contributed by atoms with van der Waals surface area (Å²) in [6, 6.07) is 16.0. The van der Waals surface area contributed by atoms with Gasteiger partial charge in [0.25, 0.3) is 0 Å². The molecule has 0 aliphatic carbocycles. The van der Waals surface area contributed by atoms with Gasteiger partial charge in [-0.15, -0.1) is 0 Å². The monoisotopic (exact) mass is 255 g/mol. The first kappa shape index (κ1) is 14.1. The van der Waals surface area contributed by atoms with Gasteiger partial charge >= 0.3 is 0 Å². The summed E-state index contributed by atoms with van der Waals surface area (Å²) in [4.78, 5) is 0. The SMILES string of the molecule is CCCNC(C)CC(C)c1ccc2ccccc2c1. The van der Waals surface area contributed by atoms with Crippen molar-refractivity contribution in [3.8, 4) is 0 Å². The largest absolute Gasteiger partial charge is 0.314 e. The standard InChI is InChI=1S/C18H25N/c1-4-11-19-15(3)12-14(2)17-10-9-16-7-5-6-8-18(16)13-17/h5-10,13-15,19H,4,11-12H2,1-3H3. The van der Waals surface area contributed by atoms with E-state index in [0.717, 1.165) is 6.54 Å². The van der Waals surface area contributed by atoms with Crippen LogP contribution in [0, 0.1) is 0 Å². The third kappa shape index (κ3) is 3.81. The fraction of sp³-hybridized carbons (Fsp3) is 0.444. The number of hydrogen-bond donors (Lipinski definition) is 1. The number of nitrogens with one attached hydrogen (secondary N) is 1. The molecule has 0 fully saturated rings. The number of hydrogen-bond acceptors (Lipinski definition) is 1. The molecule has 1 nitrogen and oxygen atoms in total. The summed E-state index contributed by atoms with van der Waals surface area (Å²) in [7, 11) is 0. The number of rotatable bonds is 6. The molecule has 2 rings (SSSR count). The second kappa shape index (κ2) is 6.72. The normalized spacial score (nSPS) is 14.5. The highest BCUT2D eigenvalue weighted by atomic mass is 14.9. The van der Waals surface area contributed by atoms with Gasteiger partial charge in [-0.25, -0.2) is 0 Å². The molecule has 1 heteroatoms. The first-order valence-electron chi connectivity index (χ1n) is 7.42. The van der Waals surface area contributed by atoms with Crippen molar-refractivity contribution in [3.63, 3.8) is 0 Å². The predicted octanol–water partition coefficient (Wildman–Crippen LogP) is 4.72. The van der Waals surface area contributed by atoms with Crippen LogP contribution < -0.4 is 5.32 Å². The molecule has 2 atom stereocenters. The lowest BCUT2D eigenvalue weighted by Crippen LogP contribution is -2.27. The second-order valence-electron chi connectivity index (χ2n) is 5.60. The topological polar surface area (TPSA) is 12.0 Å². The highest BCUT2D eigenvalue weighted by Crippen LogP contribution is 2.24. The molecule has 0 aromatic heterocycles. The highest BCUT2D eigenvalue weighted by molar-refractivity contribution is 5.83. The zero-order valence-electron chi connectivity index (χ0n) is 12.3. The highest BCUT2D eigenvalue weighted by Gasteiger charge is 2.10. The fourth-order valence-corrected chi connectivity index (χ4v) is 2.65. The lowest BCUT2D eigenvalue weighted by atomic mass is 9.92. The first-order chi connectivity index (χ1) is 9.20. The smallest absolute Gasteiger partial charge is 0.00444 e. The Balaban J connectivity index is 2.06. The van der Waals surface area contributed by atoms with E-state index in [0.29, 0.717) is 12.0 Å². The van der Waals surface area contributed by atoms with Gasteiger partial charge in [-0.05, 0) is 48.6 Å². The Kier molecular flexibility index (Phi) is 4.98. The first-order valence-corrected chi connectivity index (χ1v) is 7.42. The van der Waals surface area contributed by atoms with Gasteiger partial charge in [-0.3, -0.25) is 0 Å². The maximum absolute atomic E-state index is 3.57. The van der Waals surface area contributed by atoms with E-state index < -0.39 is 0 Å². The fourth-order valence-electron chi connectivity index (χ4n) is 2.65. The summed E-state index contributed by atoms with van der Waals surface area (Å²) < 4.78 is 0. The Hall–Kier alpha value is -1.34. The minimum absolute atomic E-state index is 0.585. The molecule has 0 saturated heterocycles. The van der Waals surface area contributed by atoms with E-state index >= 15 is 0 Å². The van der Waals surface area contributed by atoms with Crippen molar-refractivity contribution >= 4 is 10.8 Å². The summed E-state index contributed by atoms with van der Waals surface area (Å²) in [5.74, 6) is 0.601. The van der Waals surface area contributed by atoms with Crippen molar-refractivity contribution in [1.29, 1.82) is 0 Å². The quantitative estimate of drug-likeness (QED) is 0.787. The van der Waals surface area contributed by atoms with E-state index in [1.54, 1.807) is 0 Å². The van der Waals surface area contributed by atoms with E-state index in [-0.39, 0.29) is 0 Å². The van der Waals surface area contributed by atoms with Crippen LogP contribution in [0.2, 0.25) is 0 Å². The molecular formula is C18H25N. The zero-order valence-corrected chi connectivity index (χ0v) is 12.3. The molecule has 102 valence electrons. The average molecular weight is 255 g/mol. The van der Waals surface area contributed by atoms with E-state index in [9.17, 15) is 0 Å². The molecule has 0 amide bonds. The Morgan fingerprint density at radius 2 is 1.74 bits per heavy atom. The van der Waals surface area contributed by atoms with Gasteiger partial charge in [-0.2, -0.15) is 0 Å². The molecule has 0 saturated carbocycles. The van der Waals surface area contributed by atoms with Crippen LogP contribution in [0.25, 0.3) is 10.8 Å². The summed E-state index contributed by atoms with van der Waals surface area (Å²) in [5.41, 5.74) is 1.45. The van der Waals surface area contributed by atoms with Crippen molar-refractivity contribution < 1.29 is 0 Å². The van der Waals surface area contributed by atoms with E-state index in [4.69, 9.17) is 0 Å². The van der Waals surface area contributed by atoms with Crippen molar-refractivity contribution in [2.24, 2.45) is 0 Å². The minimum atomic E-state index is 0.585. The van der Waals surface area contributed by atoms with Crippen molar-refractivity contribution in [1.82, 2.24) is 5.32 Å². The zero-order chi connectivity index (χ0) is 13.7. The van der Waals surface area contributed by atoms with Gasteiger partial charge in [0.05, 0.1) is 0 Å². The molecule has 19 heavy (non-hydrogen) atoms. The van der Waals surface area contributed by atoms with Crippen LogP contribution in [-0.4, -0.2) is 12.6 Å². The van der Waals surface area contributed by atoms with Crippen LogP contribution in [0.1, 0.15) is 45.1 Å². The second-order valence-corrected chi connectivity index (χ2v) is 5.60. The molecule has 0 aliphatic rings. The maximum atomic E-state index is 3.57. The molecule has 2 aromatic carbocycles. The third-order valence-corrected chi connectivity index (χ3v) is 3.79. The lowest BCUT2D eigenvalue weighted by Gasteiger charge is -2.19. The van der Waals surface area contributed by atoms with E-state index in [2.05, 4.69) is 68.6 Å². The van der Waals surface area contributed by atoms with Gasteiger partial charge < -0.3 is 5.32 Å². The summed E-state index contributed by atoms with van der Waals surface area (Å²) in [5, 5.41) is 6.25. The van der Waals surface area contributed by atoms with E-state index in [1.807, 2.05) is 0 Å². The molecule has 0 radical (unpaired) electrons. The molecule has 1 N–H and O–H groups in total. The van der Waals surface area contributed by atoms with Crippen LogP contribution in [0.3, 0.4) is 0 Å². The third-order valence-electron chi connectivity index (χ3n) is 3.79. The summed E-state index contributed by atoms with van der Waals surface area (Å²) >= 11 is 0. The van der Waals surface area contributed by atoms with Crippen LogP contribution in [-0.2, 0) is 0 Å². The Bertz CT molecular complexity index is 518. The Morgan fingerprint density at radius 1 is 1.00 bits per heavy atom. The van der Waals surface area contributed by atoms with Crippen LogP contribution in [0.5, 0.6) is 0 Å². The molecule has 2 aromatic rings. The Morgan fingerprint density at radius 3 is 2.47 bits per heavy atom. The predicted molar refractivity (Wildman–Crippen MR) is 84.7 cm³/mol. The van der Waals surface area contributed by atoms with E-state index in [1.165, 1.54) is 29.2 Å². The summed E-state index contributed by atoms with van der Waals surface area (Å²) in [6.45, 7) is 7.94. The Labute approximate surface area is 117 Å². The number of benzene rings is 2. The molecule has 0 bridgehead atoms. The van der Waals surface area contributed by atoms with Gasteiger partial charge in [0.1, 0.15) is 0 Å². The van der Waals surface area contributed by atoms with Gasteiger partial charge in [0, 0.05) is 6.04 Å². The van der Waals surface area contributed by atoms with Gasteiger partial charge in [-0.1, -0.05) is 56.3 Å². The molecular weight excluding hydrogens is 230 g/mol. The molecule has 0 aliphatic heterocycles. The molecule has 0 spiro atoms. The number of fused-ring (bicyclic) bond motifs is 1. The van der Waals surface area contributed by atoms with Gasteiger partial charge in [0.2, 0.25) is 0 Å². The van der Waals surface area contributed by atoms with Crippen molar-refractivity contribution in [2.75, 3.05) is 6.54 Å². The lowest BCUT2D eigenvalue weighted by molar-refractivity contribution is 0.479. The average Bonchev–Trinajstić information content (AvgIpc) is 2.44. The molecule has 0 heterocycles. The van der Waals surface area contributed by atoms with Crippen molar-refractivity contribution in [2.45, 2.75) is 45.6 Å². The minimum Gasteiger partial charge on any atom is -0.314 e. The van der Waals surface area contributed by atoms with Gasteiger partial charge in [0.15, 0.2) is 0 Å². The van der Waals surface area contributed by atoms with Crippen LogP contribution >= 0.6 is 0 Å². The van der Waals surface area contributed by atoms with Crippen LogP contribution in [0.15, 0.2) is 42.5 Å².